The molecule has 0 saturated carbocycles. The number of nitrogens with zero attached hydrogens (tertiary/aromatic N) is 1. The van der Waals surface area contributed by atoms with Gasteiger partial charge in [0.25, 0.3) is 0 Å². The zero-order valence-electron chi connectivity index (χ0n) is 15.9. The number of aromatic nitrogens is 1. The van der Waals surface area contributed by atoms with Gasteiger partial charge in [-0.3, -0.25) is 0 Å². The molecule has 0 unspecified atom stereocenters. The second-order valence-electron chi connectivity index (χ2n) is 7.72. The van der Waals surface area contributed by atoms with Crippen LogP contribution in [0.3, 0.4) is 0 Å². The molecule has 0 amide bonds. The van der Waals surface area contributed by atoms with Gasteiger partial charge in [-0.25, -0.2) is 4.98 Å². The monoisotopic (exact) mass is 339 g/mol. The van der Waals surface area contributed by atoms with E-state index in [9.17, 15) is 0 Å². The summed E-state index contributed by atoms with van der Waals surface area (Å²) < 4.78 is 18.4. The average Bonchev–Trinajstić information content (AvgIpc) is 2.83. The van der Waals surface area contributed by atoms with Crippen LogP contribution in [0.4, 0.5) is 0 Å². The van der Waals surface area contributed by atoms with Crippen molar-refractivity contribution in [2.45, 2.75) is 51.1 Å². The van der Waals surface area contributed by atoms with Gasteiger partial charge in [0.1, 0.15) is 0 Å². The molecule has 1 aliphatic heterocycles. The molecular formula is C20H26BNO3. The summed E-state index contributed by atoms with van der Waals surface area (Å²) in [5, 5.41) is -0.564. The highest BCUT2D eigenvalue weighted by Gasteiger charge is 2.59. The van der Waals surface area contributed by atoms with Gasteiger partial charge in [0.2, 0.25) is 5.88 Å². The van der Waals surface area contributed by atoms with E-state index in [0.29, 0.717) is 5.88 Å². The maximum absolute atomic E-state index is 6.43. The highest BCUT2D eigenvalue weighted by atomic mass is 16.7. The van der Waals surface area contributed by atoms with E-state index in [1.165, 1.54) is 0 Å². The predicted molar refractivity (Wildman–Crippen MR) is 99.8 cm³/mol. The van der Waals surface area contributed by atoms with Gasteiger partial charge in [0.05, 0.1) is 23.6 Å². The average molecular weight is 339 g/mol. The fourth-order valence-corrected chi connectivity index (χ4v) is 3.23. The van der Waals surface area contributed by atoms with Crippen LogP contribution in [-0.4, -0.2) is 30.4 Å². The maximum atomic E-state index is 6.43. The molecule has 3 rings (SSSR count). The molecule has 1 aromatic heterocycles. The van der Waals surface area contributed by atoms with Gasteiger partial charge in [-0.15, -0.1) is 0 Å². The van der Waals surface area contributed by atoms with Crippen LogP contribution >= 0.6 is 0 Å². The third-order valence-electron chi connectivity index (χ3n) is 5.62. The second-order valence-corrected chi connectivity index (χ2v) is 7.72. The van der Waals surface area contributed by atoms with E-state index in [2.05, 4.69) is 51.7 Å². The SMILES string of the molecule is COc1ncccc1[C@@](C)(B1OC(C)(C)C(C)(C)O1)c1ccccc1. The van der Waals surface area contributed by atoms with Crippen LogP contribution in [-0.2, 0) is 14.6 Å². The molecule has 1 aromatic carbocycles. The van der Waals surface area contributed by atoms with Crippen LogP contribution in [0.5, 0.6) is 5.88 Å². The number of hydrogen-bond acceptors (Lipinski definition) is 4. The number of rotatable bonds is 4. The molecule has 132 valence electrons. The molecule has 0 spiro atoms. The first-order valence-corrected chi connectivity index (χ1v) is 8.63. The van der Waals surface area contributed by atoms with Crippen LogP contribution in [0.2, 0.25) is 0 Å². The van der Waals surface area contributed by atoms with Crippen molar-refractivity contribution in [2.24, 2.45) is 0 Å². The Labute approximate surface area is 150 Å². The molecule has 4 nitrogen and oxygen atoms in total. The van der Waals surface area contributed by atoms with E-state index < -0.39 is 23.6 Å². The highest BCUT2D eigenvalue weighted by Crippen LogP contribution is 2.47. The van der Waals surface area contributed by atoms with Gasteiger partial charge in [0.15, 0.2) is 0 Å². The van der Waals surface area contributed by atoms with Gasteiger partial charge in [-0.2, -0.15) is 0 Å². The van der Waals surface area contributed by atoms with Crippen molar-refractivity contribution in [3.8, 4) is 5.88 Å². The Morgan fingerprint density at radius 2 is 1.56 bits per heavy atom. The molecule has 0 aliphatic carbocycles. The molecular weight excluding hydrogens is 313 g/mol. The van der Waals surface area contributed by atoms with Crippen molar-refractivity contribution in [3.63, 3.8) is 0 Å². The van der Waals surface area contributed by atoms with Crippen LogP contribution in [0.1, 0.15) is 45.7 Å². The first kappa shape index (κ1) is 18.0. The second kappa shape index (κ2) is 6.15. The zero-order chi connectivity index (χ0) is 18.3. The Hall–Kier alpha value is -1.85. The van der Waals surface area contributed by atoms with Crippen LogP contribution in [0.15, 0.2) is 48.7 Å². The smallest absolute Gasteiger partial charge is 0.473 e. The van der Waals surface area contributed by atoms with E-state index in [1.807, 2.05) is 30.3 Å². The van der Waals surface area contributed by atoms with Gasteiger partial charge < -0.3 is 14.0 Å². The minimum absolute atomic E-state index is 0.414. The fraction of sp³-hybridized carbons (Fsp3) is 0.450. The summed E-state index contributed by atoms with van der Waals surface area (Å²) in [7, 11) is 1.18. The summed E-state index contributed by atoms with van der Waals surface area (Å²) in [5.74, 6) is 0.587. The first-order chi connectivity index (χ1) is 11.7. The molecule has 1 saturated heterocycles. The Bertz CT molecular complexity index is 732. The zero-order valence-corrected chi connectivity index (χ0v) is 15.9. The summed E-state index contributed by atoms with van der Waals surface area (Å²) in [6, 6.07) is 14.2. The molecule has 2 heterocycles. The largest absolute Gasteiger partial charge is 0.481 e. The number of benzene rings is 1. The quantitative estimate of drug-likeness (QED) is 0.789. The molecule has 2 aromatic rings. The van der Waals surface area contributed by atoms with E-state index in [4.69, 9.17) is 14.0 Å². The normalized spacial score (nSPS) is 21.0. The third kappa shape index (κ3) is 2.85. The van der Waals surface area contributed by atoms with Crippen LogP contribution < -0.4 is 4.74 Å². The van der Waals surface area contributed by atoms with Crippen LogP contribution in [0.25, 0.3) is 0 Å². The first-order valence-electron chi connectivity index (χ1n) is 8.63. The number of ether oxygens (including phenoxy) is 1. The Morgan fingerprint density at radius 3 is 2.12 bits per heavy atom. The van der Waals surface area contributed by atoms with Crippen molar-refractivity contribution in [1.29, 1.82) is 0 Å². The Morgan fingerprint density at radius 1 is 0.960 bits per heavy atom. The number of methoxy groups -OCH3 is 1. The Kier molecular flexibility index (Phi) is 4.42. The predicted octanol–water partition coefficient (Wildman–Crippen LogP) is 4.03. The van der Waals surface area contributed by atoms with Gasteiger partial charge in [-0.1, -0.05) is 43.3 Å². The molecule has 1 atom stereocenters. The van der Waals surface area contributed by atoms with E-state index >= 15 is 0 Å². The van der Waals surface area contributed by atoms with Crippen molar-refractivity contribution < 1.29 is 14.0 Å². The molecule has 0 N–H and O–H groups in total. The van der Waals surface area contributed by atoms with Crippen molar-refractivity contribution in [3.05, 3.63) is 59.8 Å². The van der Waals surface area contributed by atoms with Crippen molar-refractivity contribution in [2.75, 3.05) is 7.11 Å². The van der Waals surface area contributed by atoms with Crippen LogP contribution in [0, 0.1) is 0 Å². The van der Waals surface area contributed by atoms with Gasteiger partial charge in [-0.05, 0) is 39.3 Å². The van der Waals surface area contributed by atoms with E-state index in [-0.39, 0.29) is 0 Å². The molecule has 1 aliphatic rings. The molecule has 5 heteroatoms. The molecule has 1 fully saturated rings. The Balaban J connectivity index is 2.18. The fourth-order valence-electron chi connectivity index (χ4n) is 3.23. The van der Waals surface area contributed by atoms with Crippen molar-refractivity contribution >= 4 is 7.12 Å². The molecule has 0 bridgehead atoms. The summed E-state index contributed by atoms with van der Waals surface area (Å²) in [6.07, 6.45) is 1.73. The lowest BCUT2D eigenvalue weighted by molar-refractivity contribution is 0.00578. The molecule has 25 heavy (non-hydrogen) atoms. The lowest BCUT2D eigenvalue weighted by atomic mass is 9.52. The van der Waals surface area contributed by atoms with Gasteiger partial charge in [0, 0.05) is 11.8 Å². The summed E-state index contributed by atoms with van der Waals surface area (Å²) in [6.45, 7) is 10.4. The summed E-state index contributed by atoms with van der Waals surface area (Å²) in [5.41, 5.74) is 1.22. The highest BCUT2D eigenvalue weighted by molar-refractivity contribution is 6.51. The topological polar surface area (TPSA) is 40.6 Å². The van der Waals surface area contributed by atoms with E-state index in [0.717, 1.165) is 11.1 Å². The standard InChI is InChI=1S/C20H26BNO3/c1-18(2)19(3,4)25-21(24-18)20(5,15-11-8-7-9-12-15)16-13-10-14-22-17(16)23-6/h7-14H,1-6H3/t20-/m0/s1. The van der Waals surface area contributed by atoms with Crippen molar-refractivity contribution in [1.82, 2.24) is 4.98 Å². The lowest BCUT2D eigenvalue weighted by Gasteiger charge is -2.33. The summed E-state index contributed by atoms with van der Waals surface area (Å²) in [4.78, 5) is 4.40. The lowest BCUT2D eigenvalue weighted by Crippen LogP contribution is -2.45. The third-order valence-corrected chi connectivity index (χ3v) is 5.62. The van der Waals surface area contributed by atoms with Gasteiger partial charge >= 0.3 is 7.12 Å². The minimum atomic E-state index is -0.564. The van der Waals surface area contributed by atoms with E-state index in [1.54, 1.807) is 13.3 Å². The maximum Gasteiger partial charge on any atom is 0.473 e. The number of pyridine rings is 1. The number of hydrogen-bond donors (Lipinski definition) is 0. The minimum Gasteiger partial charge on any atom is -0.481 e. The molecule has 0 radical (unpaired) electrons. The summed E-state index contributed by atoms with van der Waals surface area (Å²) >= 11 is 0.